The van der Waals surface area contributed by atoms with Crippen molar-refractivity contribution in [1.82, 2.24) is 16.0 Å². The molecule has 1 rings (SSSR count). The van der Waals surface area contributed by atoms with Crippen LogP contribution in [0.5, 0.6) is 5.75 Å². The molecule has 164 valence electrons. The first-order valence-corrected chi connectivity index (χ1v) is 8.85. The molecule has 12 nitrogen and oxygen atoms in total. The van der Waals surface area contributed by atoms with Gasteiger partial charge >= 0.3 is 11.9 Å². The number of carbonyl (C=O) groups is 5. The summed E-state index contributed by atoms with van der Waals surface area (Å²) in [5, 5.41) is 33.4. The van der Waals surface area contributed by atoms with Gasteiger partial charge in [-0.2, -0.15) is 0 Å². The first-order chi connectivity index (χ1) is 14.0. The number of hydrogen-bond donors (Lipinski definition) is 7. The van der Waals surface area contributed by atoms with Gasteiger partial charge in [0.25, 0.3) is 0 Å². The van der Waals surface area contributed by atoms with Crippen molar-refractivity contribution in [2.24, 2.45) is 5.73 Å². The van der Waals surface area contributed by atoms with Gasteiger partial charge < -0.3 is 37.0 Å². The summed E-state index contributed by atoms with van der Waals surface area (Å²) in [6.07, 6.45) is -0.636. The van der Waals surface area contributed by atoms with E-state index in [9.17, 15) is 29.1 Å². The molecule has 30 heavy (non-hydrogen) atoms. The third kappa shape index (κ3) is 8.56. The third-order valence-electron chi connectivity index (χ3n) is 3.91. The lowest BCUT2D eigenvalue weighted by atomic mass is 10.1. The zero-order chi connectivity index (χ0) is 22.8. The molecule has 1 aromatic rings. The van der Waals surface area contributed by atoms with Gasteiger partial charge in [0.05, 0.1) is 19.0 Å². The van der Waals surface area contributed by atoms with Crippen LogP contribution in [0.15, 0.2) is 24.3 Å². The van der Waals surface area contributed by atoms with E-state index in [4.69, 9.17) is 15.9 Å². The fourth-order valence-electron chi connectivity index (χ4n) is 2.28. The standard InChI is InChI=1S/C18H24N4O8/c1-9(18(29)30)21-17(28)13(7-15(25)26)22-14(24)8-20-16(27)12(19)6-10-2-4-11(23)5-3-10/h2-5,9,12-13,23H,6-8,19H2,1H3,(H,20,27)(H,21,28)(H,22,24)(H,25,26)(H,29,30). The second kappa shape index (κ2) is 11.4. The van der Waals surface area contributed by atoms with Crippen LogP contribution in [0.2, 0.25) is 0 Å². The van der Waals surface area contributed by atoms with Crippen LogP contribution in [-0.2, 0) is 30.4 Å². The van der Waals surface area contributed by atoms with Crippen molar-refractivity contribution < 1.29 is 39.3 Å². The highest BCUT2D eigenvalue weighted by molar-refractivity contribution is 5.94. The molecule has 3 atom stereocenters. The van der Waals surface area contributed by atoms with Crippen molar-refractivity contribution in [3.63, 3.8) is 0 Å². The van der Waals surface area contributed by atoms with Crippen LogP contribution < -0.4 is 21.7 Å². The van der Waals surface area contributed by atoms with Crippen LogP contribution in [0, 0.1) is 0 Å². The number of nitrogens with two attached hydrogens (primary N) is 1. The number of phenolic OH excluding ortho intramolecular Hbond substituents is 1. The van der Waals surface area contributed by atoms with Crippen molar-refractivity contribution in [3.8, 4) is 5.75 Å². The van der Waals surface area contributed by atoms with E-state index in [1.165, 1.54) is 19.1 Å². The normalized spacial score (nSPS) is 13.4. The van der Waals surface area contributed by atoms with Crippen molar-refractivity contribution in [3.05, 3.63) is 29.8 Å². The Labute approximate surface area is 171 Å². The van der Waals surface area contributed by atoms with E-state index < -0.39 is 60.8 Å². The molecular formula is C18H24N4O8. The molecule has 0 saturated heterocycles. The molecule has 0 bridgehead atoms. The second-order valence-electron chi connectivity index (χ2n) is 6.48. The molecule has 3 unspecified atom stereocenters. The van der Waals surface area contributed by atoms with E-state index in [1.54, 1.807) is 12.1 Å². The lowest BCUT2D eigenvalue weighted by molar-refractivity contribution is -0.143. The number of carboxylic acids is 2. The quantitative estimate of drug-likeness (QED) is 0.208. The van der Waals surface area contributed by atoms with E-state index in [-0.39, 0.29) is 12.2 Å². The van der Waals surface area contributed by atoms with E-state index in [1.807, 2.05) is 0 Å². The summed E-state index contributed by atoms with van der Waals surface area (Å²) in [6.45, 7) is 0.607. The van der Waals surface area contributed by atoms with Crippen molar-refractivity contribution in [2.45, 2.75) is 37.9 Å². The molecule has 12 heteroatoms. The van der Waals surface area contributed by atoms with Crippen LogP contribution in [0.4, 0.5) is 0 Å². The number of carbonyl (C=O) groups excluding carboxylic acids is 3. The predicted molar refractivity (Wildman–Crippen MR) is 102 cm³/mol. The molecule has 0 aliphatic heterocycles. The lowest BCUT2D eigenvalue weighted by Gasteiger charge is -2.19. The first-order valence-electron chi connectivity index (χ1n) is 8.85. The Hall–Kier alpha value is -3.67. The second-order valence-corrected chi connectivity index (χ2v) is 6.48. The topological polar surface area (TPSA) is 208 Å². The zero-order valence-electron chi connectivity index (χ0n) is 16.1. The van der Waals surface area contributed by atoms with E-state index in [0.29, 0.717) is 5.56 Å². The molecule has 1 aromatic carbocycles. The highest BCUT2D eigenvalue weighted by atomic mass is 16.4. The number of aromatic hydroxyl groups is 1. The summed E-state index contributed by atoms with van der Waals surface area (Å²) < 4.78 is 0. The predicted octanol–water partition coefficient (Wildman–Crippen LogP) is -2.07. The van der Waals surface area contributed by atoms with Gasteiger partial charge in [0, 0.05) is 0 Å². The van der Waals surface area contributed by atoms with Gasteiger partial charge in [-0.3, -0.25) is 24.0 Å². The van der Waals surface area contributed by atoms with Crippen molar-refractivity contribution in [1.29, 1.82) is 0 Å². The van der Waals surface area contributed by atoms with Gasteiger partial charge in [0.15, 0.2) is 0 Å². The Morgan fingerprint density at radius 3 is 2.13 bits per heavy atom. The minimum Gasteiger partial charge on any atom is -0.508 e. The Morgan fingerprint density at radius 1 is 1.00 bits per heavy atom. The van der Waals surface area contributed by atoms with Crippen molar-refractivity contribution in [2.75, 3.05) is 6.54 Å². The summed E-state index contributed by atoms with van der Waals surface area (Å²) in [6, 6.07) is 2.24. The lowest BCUT2D eigenvalue weighted by Crippen LogP contribution is -2.53. The van der Waals surface area contributed by atoms with Crippen molar-refractivity contribution >= 4 is 29.7 Å². The molecule has 0 spiro atoms. The molecule has 0 radical (unpaired) electrons. The Bertz CT molecular complexity index is 796. The van der Waals surface area contributed by atoms with Gasteiger partial charge in [-0.25, -0.2) is 0 Å². The number of carboxylic acid groups (broad SMARTS) is 2. The van der Waals surface area contributed by atoms with Crippen LogP contribution in [0.3, 0.4) is 0 Å². The third-order valence-corrected chi connectivity index (χ3v) is 3.91. The number of aliphatic carboxylic acids is 2. The number of benzene rings is 1. The average Bonchev–Trinajstić information content (AvgIpc) is 2.66. The molecule has 0 saturated carbocycles. The minimum absolute atomic E-state index is 0.0612. The largest absolute Gasteiger partial charge is 0.508 e. The maximum Gasteiger partial charge on any atom is 0.325 e. The Balaban J connectivity index is 2.57. The van der Waals surface area contributed by atoms with E-state index in [2.05, 4.69) is 16.0 Å². The number of amides is 3. The molecule has 3 amide bonds. The molecule has 0 heterocycles. The van der Waals surface area contributed by atoms with Gasteiger partial charge in [-0.05, 0) is 31.0 Å². The fraction of sp³-hybridized carbons (Fsp3) is 0.389. The van der Waals surface area contributed by atoms with Crippen LogP contribution >= 0.6 is 0 Å². The Morgan fingerprint density at radius 2 is 1.60 bits per heavy atom. The van der Waals surface area contributed by atoms with Crippen LogP contribution in [0.1, 0.15) is 18.9 Å². The smallest absolute Gasteiger partial charge is 0.325 e. The van der Waals surface area contributed by atoms with Gasteiger partial charge in [-0.1, -0.05) is 12.1 Å². The summed E-state index contributed by atoms with van der Waals surface area (Å²) in [4.78, 5) is 57.8. The number of nitrogens with one attached hydrogen (secondary N) is 3. The first kappa shape index (κ1) is 24.4. The molecule has 0 aliphatic carbocycles. The van der Waals surface area contributed by atoms with Gasteiger partial charge in [-0.15, -0.1) is 0 Å². The van der Waals surface area contributed by atoms with Gasteiger partial charge in [0.2, 0.25) is 17.7 Å². The zero-order valence-corrected chi connectivity index (χ0v) is 16.1. The average molecular weight is 424 g/mol. The van der Waals surface area contributed by atoms with E-state index in [0.717, 1.165) is 0 Å². The molecule has 0 aromatic heterocycles. The number of phenols is 1. The molecule has 8 N–H and O–H groups in total. The van der Waals surface area contributed by atoms with E-state index >= 15 is 0 Å². The highest BCUT2D eigenvalue weighted by Gasteiger charge is 2.26. The summed E-state index contributed by atoms with van der Waals surface area (Å²) in [5.74, 6) is -5.17. The monoisotopic (exact) mass is 424 g/mol. The summed E-state index contributed by atoms with van der Waals surface area (Å²) >= 11 is 0. The maximum absolute atomic E-state index is 12.0. The highest BCUT2D eigenvalue weighted by Crippen LogP contribution is 2.10. The summed E-state index contributed by atoms with van der Waals surface area (Å²) in [5.41, 5.74) is 6.45. The number of hydrogen-bond acceptors (Lipinski definition) is 7. The Kier molecular flexibility index (Phi) is 9.23. The maximum atomic E-state index is 12.0. The SMILES string of the molecule is CC(NC(=O)C(CC(=O)O)NC(=O)CNC(=O)C(N)Cc1ccc(O)cc1)C(=O)O. The number of rotatable bonds is 11. The summed E-state index contributed by atoms with van der Waals surface area (Å²) in [7, 11) is 0. The van der Waals surface area contributed by atoms with Gasteiger partial charge in [0.1, 0.15) is 17.8 Å². The minimum atomic E-state index is -1.53. The van der Waals surface area contributed by atoms with Crippen LogP contribution in [-0.4, -0.2) is 69.7 Å². The molecule has 0 aliphatic rings. The molecular weight excluding hydrogens is 400 g/mol. The molecule has 0 fully saturated rings. The fourth-order valence-corrected chi connectivity index (χ4v) is 2.28. The van der Waals surface area contributed by atoms with Crippen LogP contribution in [0.25, 0.3) is 0 Å².